The van der Waals surface area contributed by atoms with E-state index in [1.807, 2.05) is 19.1 Å². The molecule has 0 saturated heterocycles. The average molecular weight is 307 g/mol. The molecular weight excluding hydrogens is 286 g/mol. The fourth-order valence-corrected chi connectivity index (χ4v) is 1.87. The second-order valence-electron chi connectivity index (χ2n) is 4.68. The lowest BCUT2D eigenvalue weighted by atomic mass is 9.96. The number of hydrogen-bond donors (Lipinski definition) is 0. The highest BCUT2D eigenvalue weighted by molar-refractivity contribution is 6.35. The summed E-state index contributed by atoms with van der Waals surface area (Å²) in [7, 11) is 2.64. The molecule has 0 fully saturated rings. The monoisotopic (exact) mass is 307 g/mol. The molecule has 0 aromatic heterocycles. The Morgan fingerprint density at radius 1 is 1.14 bits per heavy atom. The van der Waals surface area contributed by atoms with Crippen LogP contribution in [0.3, 0.4) is 0 Å². The normalized spacial score (nSPS) is 12.5. The van der Waals surface area contributed by atoms with E-state index in [0.29, 0.717) is 12.2 Å². The van der Waals surface area contributed by atoms with Crippen LogP contribution in [0.1, 0.15) is 42.1 Å². The first-order valence-corrected chi connectivity index (χ1v) is 6.96. The van der Waals surface area contributed by atoms with Gasteiger partial charge in [-0.2, -0.15) is 0 Å². The van der Waals surface area contributed by atoms with Gasteiger partial charge in [-0.05, 0) is 31.0 Å². The second-order valence-corrected chi connectivity index (χ2v) is 4.68. The van der Waals surface area contributed by atoms with Crippen molar-refractivity contribution in [1.29, 1.82) is 0 Å². The van der Waals surface area contributed by atoms with Crippen molar-refractivity contribution in [2.75, 3.05) is 20.8 Å². The summed E-state index contributed by atoms with van der Waals surface area (Å²) in [5, 5.41) is 3.74. The highest BCUT2D eigenvalue weighted by atomic mass is 16.6. The van der Waals surface area contributed by atoms with Gasteiger partial charge < -0.3 is 14.3 Å². The van der Waals surface area contributed by atoms with Gasteiger partial charge in [0.2, 0.25) is 0 Å². The molecule has 0 amide bonds. The van der Waals surface area contributed by atoms with Crippen molar-refractivity contribution in [1.82, 2.24) is 0 Å². The maximum atomic E-state index is 11.4. The molecule has 6 heteroatoms. The number of oxime groups is 1. The summed E-state index contributed by atoms with van der Waals surface area (Å²) in [5.74, 6) is -0.773. The minimum absolute atomic E-state index is 0.112. The summed E-state index contributed by atoms with van der Waals surface area (Å²) in [6.45, 7) is 3.89. The third kappa shape index (κ3) is 4.87. The van der Waals surface area contributed by atoms with Crippen molar-refractivity contribution in [3.05, 3.63) is 35.4 Å². The third-order valence-electron chi connectivity index (χ3n) is 3.25. The number of hydrogen-bond acceptors (Lipinski definition) is 6. The Kier molecular flexibility index (Phi) is 7.08. The molecule has 0 N–H and O–H groups in total. The molecule has 0 radical (unpaired) electrons. The molecule has 1 rings (SSSR count). The summed E-state index contributed by atoms with van der Waals surface area (Å²) >= 11 is 0. The first kappa shape index (κ1) is 17.7. The molecule has 0 saturated carbocycles. The van der Waals surface area contributed by atoms with Gasteiger partial charge >= 0.3 is 11.9 Å². The maximum absolute atomic E-state index is 11.4. The molecule has 22 heavy (non-hydrogen) atoms. The summed E-state index contributed by atoms with van der Waals surface area (Å²) in [5.41, 5.74) is 1.70. The van der Waals surface area contributed by atoms with Gasteiger partial charge in [-0.15, -0.1) is 0 Å². The van der Waals surface area contributed by atoms with Crippen LogP contribution in [0, 0.1) is 0 Å². The van der Waals surface area contributed by atoms with Crippen molar-refractivity contribution < 1.29 is 23.9 Å². The van der Waals surface area contributed by atoms with Gasteiger partial charge in [0.05, 0.1) is 19.8 Å². The van der Waals surface area contributed by atoms with Gasteiger partial charge in [0, 0.05) is 5.92 Å². The number of methoxy groups -OCH3 is 2. The van der Waals surface area contributed by atoms with Gasteiger partial charge in [-0.3, -0.25) is 0 Å². The van der Waals surface area contributed by atoms with Crippen molar-refractivity contribution in [3.63, 3.8) is 0 Å². The van der Waals surface area contributed by atoms with Crippen molar-refractivity contribution in [2.45, 2.75) is 26.2 Å². The zero-order chi connectivity index (χ0) is 16.5. The van der Waals surface area contributed by atoms with Crippen LogP contribution in [0.15, 0.2) is 29.4 Å². The molecule has 6 nitrogen and oxygen atoms in total. The van der Waals surface area contributed by atoms with Gasteiger partial charge in [0.25, 0.3) is 0 Å². The fourth-order valence-electron chi connectivity index (χ4n) is 1.87. The van der Waals surface area contributed by atoms with Crippen LogP contribution in [0.2, 0.25) is 0 Å². The Hall–Kier alpha value is -2.37. The molecule has 0 aliphatic rings. The molecule has 0 aliphatic carbocycles. The van der Waals surface area contributed by atoms with Gasteiger partial charge in [0.15, 0.2) is 5.71 Å². The van der Waals surface area contributed by atoms with E-state index in [1.54, 1.807) is 12.1 Å². The molecule has 1 aromatic rings. The van der Waals surface area contributed by atoms with Crippen LogP contribution in [0.25, 0.3) is 0 Å². The van der Waals surface area contributed by atoms with Gasteiger partial charge in [-0.25, -0.2) is 9.59 Å². The largest absolute Gasteiger partial charge is 0.465 e. The topological polar surface area (TPSA) is 74.2 Å². The molecule has 1 aromatic carbocycles. The number of nitrogens with zero attached hydrogens (tertiary/aromatic N) is 1. The van der Waals surface area contributed by atoms with Crippen molar-refractivity contribution in [3.8, 4) is 0 Å². The number of esters is 2. The van der Waals surface area contributed by atoms with E-state index in [1.165, 1.54) is 21.1 Å². The predicted octanol–water partition coefficient (Wildman–Crippen LogP) is 2.53. The SMILES string of the molecule is CCC(CO/N=C(\C)C(=O)OC)c1ccc(C(=O)OC)cc1. The minimum Gasteiger partial charge on any atom is -0.465 e. The Balaban J connectivity index is 2.68. The van der Waals surface area contributed by atoms with Crippen LogP contribution >= 0.6 is 0 Å². The van der Waals surface area contributed by atoms with Crippen LogP contribution in [-0.4, -0.2) is 38.5 Å². The summed E-state index contributed by atoms with van der Waals surface area (Å²) < 4.78 is 9.20. The molecule has 0 bridgehead atoms. The van der Waals surface area contributed by atoms with E-state index in [2.05, 4.69) is 14.6 Å². The maximum Gasteiger partial charge on any atom is 0.355 e. The van der Waals surface area contributed by atoms with Crippen LogP contribution in [0.5, 0.6) is 0 Å². The quantitative estimate of drug-likeness (QED) is 0.439. The Bertz CT molecular complexity index is 536. The van der Waals surface area contributed by atoms with E-state index in [-0.39, 0.29) is 17.6 Å². The Morgan fingerprint density at radius 2 is 1.77 bits per heavy atom. The highest BCUT2D eigenvalue weighted by Crippen LogP contribution is 2.20. The van der Waals surface area contributed by atoms with E-state index in [9.17, 15) is 9.59 Å². The molecular formula is C16H21NO5. The average Bonchev–Trinajstić information content (AvgIpc) is 2.57. The van der Waals surface area contributed by atoms with Crippen molar-refractivity contribution in [2.24, 2.45) is 5.16 Å². The third-order valence-corrected chi connectivity index (χ3v) is 3.25. The predicted molar refractivity (Wildman–Crippen MR) is 81.9 cm³/mol. The lowest BCUT2D eigenvalue weighted by Gasteiger charge is -2.14. The van der Waals surface area contributed by atoms with Gasteiger partial charge in [-0.1, -0.05) is 24.2 Å². The number of rotatable bonds is 7. The lowest BCUT2D eigenvalue weighted by molar-refractivity contribution is -0.133. The van der Waals surface area contributed by atoms with Gasteiger partial charge in [0.1, 0.15) is 6.61 Å². The van der Waals surface area contributed by atoms with Crippen LogP contribution < -0.4 is 0 Å². The molecule has 120 valence electrons. The smallest absolute Gasteiger partial charge is 0.355 e. The Labute approximate surface area is 130 Å². The molecule has 1 unspecified atom stereocenters. The van der Waals surface area contributed by atoms with Crippen LogP contribution in [0.4, 0.5) is 0 Å². The first-order valence-electron chi connectivity index (χ1n) is 6.96. The minimum atomic E-state index is -0.518. The highest BCUT2D eigenvalue weighted by Gasteiger charge is 2.13. The fraction of sp³-hybridized carbons (Fsp3) is 0.438. The second kappa shape index (κ2) is 8.81. The summed E-state index contributed by atoms with van der Waals surface area (Å²) in [6, 6.07) is 7.15. The molecule has 0 spiro atoms. The Morgan fingerprint density at radius 3 is 2.27 bits per heavy atom. The summed E-state index contributed by atoms with van der Waals surface area (Å²) in [6.07, 6.45) is 0.838. The summed E-state index contributed by atoms with van der Waals surface area (Å²) in [4.78, 5) is 27.8. The van der Waals surface area contributed by atoms with Crippen molar-refractivity contribution >= 4 is 17.7 Å². The van der Waals surface area contributed by atoms with E-state index in [0.717, 1.165) is 12.0 Å². The van der Waals surface area contributed by atoms with Crippen LogP contribution in [-0.2, 0) is 19.1 Å². The molecule has 0 aliphatic heterocycles. The zero-order valence-corrected chi connectivity index (χ0v) is 13.3. The lowest BCUT2D eigenvalue weighted by Crippen LogP contribution is -2.13. The van der Waals surface area contributed by atoms with E-state index in [4.69, 9.17) is 4.84 Å². The first-order chi connectivity index (χ1) is 10.5. The van der Waals surface area contributed by atoms with E-state index >= 15 is 0 Å². The number of ether oxygens (including phenoxy) is 2. The number of carbonyl (C=O) groups is 2. The molecule has 0 heterocycles. The number of carbonyl (C=O) groups excluding carboxylic acids is 2. The zero-order valence-electron chi connectivity index (χ0n) is 13.3. The number of benzene rings is 1. The standard InChI is InChI=1S/C16H21NO5/c1-5-12(10-22-17-11(2)15(18)20-3)13-6-8-14(9-7-13)16(19)21-4/h6-9,12H,5,10H2,1-4H3/b17-11+. The molecule has 1 atom stereocenters. The van der Waals surface area contributed by atoms with E-state index < -0.39 is 5.97 Å².